The van der Waals surface area contributed by atoms with Gasteiger partial charge in [-0.05, 0) is 37.3 Å². The van der Waals surface area contributed by atoms with Crippen LogP contribution >= 0.6 is 11.8 Å². The number of rotatable bonds is 5. The summed E-state index contributed by atoms with van der Waals surface area (Å²) in [6.45, 7) is 7.30. The third kappa shape index (κ3) is 2.93. The molecule has 1 spiro atoms. The zero-order chi connectivity index (χ0) is 11.3. The largest absolute Gasteiger partial charge is 0.314 e. The standard InChI is InChI=1S/C13H26N2S/c1-2-16-11-5-9-15-10-8-14-12-13(15)6-3-4-7-13/h14H,2-12H2,1H3. The van der Waals surface area contributed by atoms with Crippen LogP contribution in [0.1, 0.15) is 39.0 Å². The molecule has 1 saturated carbocycles. The summed E-state index contributed by atoms with van der Waals surface area (Å²) in [7, 11) is 0. The van der Waals surface area contributed by atoms with Gasteiger partial charge in [-0.2, -0.15) is 11.8 Å². The first-order valence-electron chi connectivity index (χ1n) is 6.91. The van der Waals surface area contributed by atoms with Gasteiger partial charge in [0, 0.05) is 25.2 Å². The van der Waals surface area contributed by atoms with Crippen LogP contribution in [-0.4, -0.2) is 48.1 Å². The van der Waals surface area contributed by atoms with Gasteiger partial charge in [-0.25, -0.2) is 0 Å². The van der Waals surface area contributed by atoms with Crippen molar-refractivity contribution in [3.05, 3.63) is 0 Å². The zero-order valence-corrected chi connectivity index (χ0v) is 11.5. The van der Waals surface area contributed by atoms with Gasteiger partial charge in [0.2, 0.25) is 0 Å². The van der Waals surface area contributed by atoms with Gasteiger partial charge in [0.15, 0.2) is 0 Å². The van der Waals surface area contributed by atoms with E-state index in [2.05, 4.69) is 28.9 Å². The molecule has 0 unspecified atom stereocenters. The maximum Gasteiger partial charge on any atom is 0.0334 e. The molecule has 2 fully saturated rings. The number of thioether (sulfide) groups is 1. The fourth-order valence-electron chi connectivity index (χ4n) is 3.26. The molecule has 16 heavy (non-hydrogen) atoms. The van der Waals surface area contributed by atoms with Crippen molar-refractivity contribution in [2.45, 2.75) is 44.6 Å². The second-order valence-corrected chi connectivity index (χ2v) is 6.54. The fourth-order valence-corrected chi connectivity index (χ4v) is 3.88. The second kappa shape index (κ2) is 6.27. The molecule has 0 radical (unpaired) electrons. The van der Waals surface area contributed by atoms with Crippen LogP contribution in [0.15, 0.2) is 0 Å². The summed E-state index contributed by atoms with van der Waals surface area (Å²) in [5, 5.41) is 3.60. The van der Waals surface area contributed by atoms with Crippen LogP contribution in [0.25, 0.3) is 0 Å². The molecular weight excluding hydrogens is 216 g/mol. The Morgan fingerprint density at radius 1 is 1.31 bits per heavy atom. The average molecular weight is 242 g/mol. The van der Waals surface area contributed by atoms with Crippen LogP contribution in [-0.2, 0) is 0 Å². The summed E-state index contributed by atoms with van der Waals surface area (Å²) in [4.78, 5) is 2.80. The monoisotopic (exact) mass is 242 g/mol. The van der Waals surface area contributed by atoms with Crippen LogP contribution in [0.5, 0.6) is 0 Å². The lowest BCUT2D eigenvalue weighted by Crippen LogP contribution is -2.60. The molecular formula is C13H26N2S. The topological polar surface area (TPSA) is 15.3 Å². The van der Waals surface area contributed by atoms with Crippen molar-refractivity contribution in [1.29, 1.82) is 0 Å². The number of piperazine rings is 1. The number of nitrogens with one attached hydrogen (secondary N) is 1. The quantitative estimate of drug-likeness (QED) is 0.745. The SMILES string of the molecule is CCSCCCN1CCNCC12CCCC2. The summed E-state index contributed by atoms with van der Waals surface area (Å²) in [5.74, 6) is 2.61. The summed E-state index contributed by atoms with van der Waals surface area (Å²) < 4.78 is 0. The van der Waals surface area contributed by atoms with Gasteiger partial charge in [0.05, 0.1) is 0 Å². The average Bonchev–Trinajstić information content (AvgIpc) is 2.76. The predicted molar refractivity (Wildman–Crippen MR) is 73.3 cm³/mol. The van der Waals surface area contributed by atoms with E-state index in [-0.39, 0.29) is 0 Å². The van der Waals surface area contributed by atoms with Crippen LogP contribution < -0.4 is 5.32 Å². The molecule has 3 heteroatoms. The van der Waals surface area contributed by atoms with E-state index < -0.39 is 0 Å². The van der Waals surface area contributed by atoms with E-state index in [1.807, 2.05) is 0 Å². The summed E-state index contributed by atoms with van der Waals surface area (Å²) >= 11 is 2.09. The number of hydrogen-bond donors (Lipinski definition) is 1. The Labute approximate surface area is 105 Å². The molecule has 1 N–H and O–H groups in total. The lowest BCUT2D eigenvalue weighted by Gasteiger charge is -2.45. The zero-order valence-electron chi connectivity index (χ0n) is 10.6. The van der Waals surface area contributed by atoms with Gasteiger partial charge in [-0.3, -0.25) is 4.90 Å². The van der Waals surface area contributed by atoms with Crippen LogP contribution in [0.2, 0.25) is 0 Å². The minimum absolute atomic E-state index is 0.551. The molecule has 94 valence electrons. The van der Waals surface area contributed by atoms with E-state index >= 15 is 0 Å². The highest BCUT2D eigenvalue weighted by Gasteiger charge is 2.40. The molecule has 1 aliphatic heterocycles. The summed E-state index contributed by atoms with van der Waals surface area (Å²) in [5.41, 5.74) is 0.551. The fraction of sp³-hybridized carbons (Fsp3) is 1.00. The lowest BCUT2D eigenvalue weighted by atomic mass is 9.92. The maximum atomic E-state index is 3.60. The molecule has 1 heterocycles. The van der Waals surface area contributed by atoms with Crippen molar-refractivity contribution in [2.75, 3.05) is 37.7 Å². The molecule has 0 amide bonds. The van der Waals surface area contributed by atoms with E-state index in [0.29, 0.717) is 5.54 Å². The number of hydrogen-bond acceptors (Lipinski definition) is 3. The van der Waals surface area contributed by atoms with Crippen molar-refractivity contribution in [2.24, 2.45) is 0 Å². The lowest BCUT2D eigenvalue weighted by molar-refractivity contribution is 0.0654. The molecule has 1 aliphatic carbocycles. The van der Waals surface area contributed by atoms with Gasteiger partial charge in [-0.1, -0.05) is 19.8 Å². The van der Waals surface area contributed by atoms with Crippen molar-refractivity contribution in [3.8, 4) is 0 Å². The normalized spacial score (nSPS) is 25.3. The van der Waals surface area contributed by atoms with Crippen molar-refractivity contribution in [1.82, 2.24) is 10.2 Å². The highest BCUT2D eigenvalue weighted by molar-refractivity contribution is 7.99. The van der Waals surface area contributed by atoms with Crippen LogP contribution in [0.3, 0.4) is 0 Å². The Kier molecular flexibility index (Phi) is 4.98. The molecule has 0 bridgehead atoms. The van der Waals surface area contributed by atoms with E-state index in [1.165, 1.54) is 69.8 Å². The maximum absolute atomic E-state index is 3.60. The van der Waals surface area contributed by atoms with E-state index in [1.54, 1.807) is 0 Å². The Bertz CT molecular complexity index is 202. The van der Waals surface area contributed by atoms with Crippen molar-refractivity contribution < 1.29 is 0 Å². The summed E-state index contributed by atoms with van der Waals surface area (Å²) in [6.07, 6.45) is 7.13. The third-order valence-corrected chi connectivity index (χ3v) is 5.12. The van der Waals surface area contributed by atoms with E-state index in [4.69, 9.17) is 0 Å². The van der Waals surface area contributed by atoms with Gasteiger partial charge in [0.1, 0.15) is 0 Å². The van der Waals surface area contributed by atoms with Crippen molar-refractivity contribution >= 4 is 11.8 Å². The minimum Gasteiger partial charge on any atom is -0.314 e. The van der Waals surface area contributed by atoms with Gasteiger partial charge < -0.3 is 5.32 Å². The Morgan fingerprint density at radius 3 is 2.88 bits per heavy atom. The van der Waals surface area contributed by atoms with Gasteiger partial charge in [-0.15, -0.1) is 0 Å². The first-order chi connectivity index (χ1) is 7.87. The highest BCUT2D eigenvalue weighted by Crippen LogP contribution is 2.36. The molecule has 0 aromatic heterocycles. The number of nitrogens with zero attached hydrogens (tertiary/aromatic N) is 1. The van der Waals surface area contributed by atoms with Crippen LogP contribution in [0, 0.1) is 0 Å². The van der Waals surface area contributed by atoms with Crippen molar-refractivity contribution in [3.63, 3.8) is 0 Å². The smallest absolute Gasteiger partial charge is 0.0334 e. The van der Waals surface area contributed by atoms with Gasteiger partial charge >= 0.3 is 0 Å². The van der Waals surface area contributed by atoms with E-state index in [0.717, 1.165) is 0 Å². The highest BCUT2D eigenvalue weighted by atomic mass is 32.2. The van der Waals surface area contributed by atoms with E-state index in [9.17, 15) is 0 Å². The Morgan fingerprint density at radius 2 is 2.12 bits per heavy atom. The Hall–Kier alpha value is 0.270. The first kappa shape index (κ1) is 12.7. The predicted octanol–water partition coefficient (Wildman–Crippen LogP) is 2.35. The van der Waals surface area contributed by atoms with Crippen LogP contribution in [0.4, 0.5) is 0 Å². The second-order valence-electron chi connectivity index (χ2n) is 5.15. The third-order valence-electron chi connectivity index (χ3n) is 4.14. The van der Waals surface area contributed by atoms with Gasteiger partial charge in [0.25, 0.3) is 0 Å². The Balaban J connectivity index is 1.80. The molecule has 0 aromatic rings. The molecule has 0 atom stereocenters. The summed E-state index contributed by atoms with van der Waals surface area (Å²) in [6, 6.07) is 0. The molecule has 0 aromatic carbocycles. The minimum atomic E-state index is 0.551. The molecule has 2 rings (SSSR count). The first-order valence-corrected chi connectivity index (χ1v) is 8.06. The molecule has 2 aliphatic rings. The molecule has 2 nitrogen and oxygen atoms in total. The molecule has 1 saturated heterocycles.